The largest absolute Gasteiger partial charge is 0.346 e. The first-order valence-corrected chi connectivity index (χ1v) is 9.20. The molecule has 5 nitrogen and oxygen atoms in total. The van der Waals surface area contributed by atoms with E-state index in [2.05, 4.69) is 22.1 Å². The molecule has 0 bridgehead atoms. The lowest BCUT2D eigenvalue weighted by Gasteiger charge is -2.26. The molecule has 0 saturated heterocycles. The van der Waals surface area contributed by atoms with Crippen LogP contribution < -0.4 is 0 Å². The highest BCUT2D eigenvalue weighted by Gasteiger charge is 2.20. The van der Waals surface area contributed by atoms with Crippen LogP contribution in [0.4, 0.5) is 0 Å². The monoisotopic (exact) mass is 359 g/mol. The predicted octanol–water partition coefficient (Wildman–Crippen LogP) is 3.84. The summed E-state index contributed by atoms with van der Waals surface area (Å²) >= 11 is 0. The Morgan fingerprint density at radius 2 is 1.93 bits per heavy atom. The minimum absolute atomic E-state index is 0.0171. The maximum Gasteiger partial charge on any atom is 0.223 e. The predicted molar refractivity (Wildman–Crippen MR) is 105 cm³/mol. The van der Waals surface area contributed by atoms with Gasteiger partial charge in [-0.1, -0.05) is 36.4 Å². The SMILES string of the molecule is O=C(CCC(=O)N1CC=C(c2c[nH]c3ncccc23)CC1)c1ccccc1. The third-order valence-corrected chi connectivity index (χ3v) is 5.02. The van der Waals surface area contributed by atoms with E-state index in [0.29, 0.717) is 18.7 Å². The van der Waals surface area contributed by atoms with Gasteiger partial charge in [0.15, 0.2) is 5.78 Å². The molecule has 4 rings (SSSR count). The van der Waals surface area contributed by atoms with Crippen molar-refractivity contribution in [3.05, 3.63) is 72.1 Å². The molecule has 0 saturated carbocycles. The maximum absolute atomic E-state index is 12.5. The zero-order valence-corrected chi connectivity index (χ0v) is 15.0. The number of ketones is 1. The van der Waals surface area contributed by atoms with Crippen LogP contribution in [0.15, 0.2) is 60.9 Å². The zero-order chi connectivity index (χ0) is 18.6. The van der Waals surface area contributed by atoms with Gasteiger partial charge in [0.1, 0.15) is 5.65 Å². The molecule has 3 heterocycles. The van der Waals surface area contributed by atoms with Crippen molar-refractivity contribution in [2.75, 3.05) is 13.1 Å². The molecule has 1 aliphatic rings. The van der Waals surface area contributed by atoms with Crippen molar-refractivity contribution in [3.63, 3.8) is 0 Å². The summed E-state index contributed by atoms with van der Waals surface area (Å²) in [5.74, 6) is 0.0543. The molecular weight excluding hydrogens is 338 g/mol. The molecule has 0 aliphatic carbocycles. The van der Waals surface area contributed by atoms with Crippen molar-refractivity contribution in [1.29, 1.82) is 0 Å². The second kappa shape index (κ2) is 7.58. The molecule has 3 aromatic rings. The number of aromatic nitrogens is 2. The highest BCUT2D eigenvalue weighted by atomic mass is 16.2. The summed E-state index contributed by atoms with van der Waals surface area (Å²) in [4.78, 5) is 34.0. The van der Waals surface area contributed by atoms with Gasteiger partial charge in [0, 0.05) is 54.8 Å². The molecule has 0 unspecified atom stereocenters. The van der Waals surface area contributed by atoms with Crippen LogP contribution in [0, 0.1) is 0 Å². The molecule has 2 aromatic heterocycles. The minimum atomic E-state index is 0.0171. The van der Waals surface area contributed by atoms with Crippen LogP contribution >= 0.6 is 0 Å². The number of rotatable bonds is 5. The number of carbonyl (C=O) groups excluding carboxylic acids is 2. The number of amides is 1. The Morgan fingerprint density at radius 3 is 2.70 bits per heavy atom. The van der Waals surface area contributed by atoms with Crippen molar-refractivity contribution in [1.82, 2.24) is 14.9 Å². The second-order valence-electron chi connectivity index (χ2n) is 6.71. The van der Waals surface area contributed by atoms with Gasteiger partial charge in [-0.15, -0.1) is 0 Å². The van der Waals surface area contributed by atoms with Crippen LogP contribution in [0.3, 0.4) is 0 Å². The van der Waals surface area contributed by atoms with Crippen molar-refractivity contribution < 1.29 is 9.59 Å². The summed E-state index contributed by atoms with van der Waals surface area (Å²) in [6.45, 7) is 1.26. The molecule has 0 spiro atoms. The summed E-state index contributed by atoms with van der Waals surface area (Å²) in [5.41, 5.74) is 3.94. The average Bonchev–Trinajstić information content (AvgIpc) is 3.16. The first-order valence-electron chi connectivity index (χ1n) is 9.20. The summed E-state index contributed by atoms with van der Waals surface area (Å²) in [6.07, 6.45) is 7.18. The van der Waals surface area contributed by atoms with Gasteiger partial charge >= 0.3 is 0 Å². The number of hydrogen-bond acceptors (Lipinski definition) is 3. The fourth-order valence-corrected chi connectivity index (χ4v) is 3.51. The van der Waals surface area contributed by atoms with Crippen molar-refractivity contribution >= 4 is 28.3 Å². The number of nitrogens with zero attached hydrogens (tertiary/aromatic N) is 2. The number of Topliss-reactive ketones (excluding diaryl/α,β-unsaturated/α-hetero) is 1. The quantitative estimate of drug-likeness (QED) is 0.704. The van der Waals surface area contributed by atoms with Gasteiger partial charge in [-0.25, -0.2) is 4.98 Å². The summed E-state index contributed by atoms with van der Waals surface area (Å²) in [5, 5.41) is 1.11. The fraction of sp³-hybridized carbons (Fsp3) is 0.227. The molecule has 1 N–H and O–H groups in total. The number of H-pyrrole nitrogens is 1. The van der Waals surface area contributed by atoms with E-state index in [-0.39, 0.29) is 24.5 Å². The number of aromatic amines is 1. The lowest BCUT2D eigenvalue weighted by molar-refractivity contribution is -0.130. The Bertz CT molecular complexity index is 1000. The lowest BCUT2D eigenvalue weighted by Crippen LogP contribution is -2.34. The van der Waals surface area contributed by atoms with Crippen molar-refractivity contribution in [3.8, 4) is 0 Å². The van der Waals surface area contributed by atoms with E-state index in [1.165, 1.54) is 5.57 Å². The summed E-state index contributed by atoms with van der Waals surface area (Å²) in [7, 11) is 0. The number of fused-ring (bicyclic) bond motifs is 1. The highest BCUT2D eigenvalue weighted by Crippen LogP contribution is 2.28. The molecule has 0 atom stereocenters. The molecule has 1 amide bonds. The molecule has 5 heteroatoms. The standard InChI is InChI=1S/C22H21N3O2/c26-20(17-5-2-1-3-6-17)8-9-21(27)25-13-10-16(11-14-25)19-15-24-22-18(19)7-4-12-23-22/h1-7,10,12,15H,8-9,11,13-14H2,(H,23,24). The van der Waals surface area contributed by atoms with Crippen molar-refractivity contribution in [2.24, 2.45) is 0 Å². The maximum atomic E-state index is 12.5. The molecular formula is C22H21N3O2. The molecule has 136 valence electrons. The minimum Gasteiger partial charge on any atom is -0.346 e. The third-order valence-electron chi connectivity index (χ3n) is 5.02. The van der Waals surface area contributed by atoms with Gasteiger partial charge in [0.2, 0.25) is 5.91 Å². The number of carbonyl (C=O) groups is 2. The van der Waals surface area contributed by atoms with E-state index >= 15 is 0 Å². The first-order chi connectivity index (χ1) is 13.2. The Morgan fingerprint density at radius 1 is 1.07 bits per heavy atom. The van der Waals surface area contributed by atoms with Gasteiger partial charge in [0.05, 0.1) is 0 Å². The van der Waals surface area contributed by atoms with E-state index in [1.807, 2.05) is 35.4 Å². The van der Waals surface area contributed by atoms with Crippen molar-refractivity contribution in [2.45, 2.75) is 19.3 Å². The number of pyridine rings is 1. The van der Waals surface area contributed by atoms with Crippen LogP contribution in [-0.2, 0) is 4.79 Å². The summed E-state index contributed by atoms with van der Waals surface area (Å²) in [6, 6.07) is 13.1. The van der Waals surface area contributed by atoms with E-state index < -0.39 is 0 Å². The molecule has 0 radical (unpaired) electrons. The average molecular weight is 359 g/mol. The van der Waals surface area contributed by atoms with Gasteiger partial charge in [-0.2, -0.15) is 0 Å². The number of nitrogens with one attached hydrogen (secondary N) is 1. The molecule has 27 heavy (non-hydrogen) atoms. The fourth-order valence-electron chi connectivity index (χ4n) is 3.51. The summed E-state index contributed by atoms with van der Waals surface area (Å²) < 4.78 is 0. The molecule has 1 aromatic carbocycles. The van der Waals surface area contributed by atoms with Gasteiger partial charge in [-0.05, 0) is 24.1 Å². The number of benzene rings is 1. The topological polar surface area (TPSA) is 66.1 Å². The Labute approximate surface area is 157 Å². The second-order valence-corrected chi connectivity index (χ2v) is 6.71. The third kappa shape index (κ3) is 3.67. The van der Waals surface area contributed by atoms with Crippen LogP contribution in [0.25, 0.3) is 16.6 Å². The lowest BCUT2D eigenvalue weighted by atomic mass is 9.99. The molecule has 0 fully saturated rings. The molecule has 1 aliphatic heterocycles. The van der Waals surface area contributed by atoms with Gasteiger partial charge in [-0.3, -0.25) is 9.59 Å². The Kier molecular flexibility index (Phi) is 4.83. The van der Waals surface area contributed by atoms with Gasteiger partial charge in [0.25, 0.3) is 0 Å². The van der Waals surface area contributed by atoms with E-state index in [4.69, 9.17) is 0 Å². The van der Waals surface area contributed by atoms with Crippen LogP contribution in [0.2, 0.25) is 0 Å². The first kappa shape index (κ1) is 17.2. The van der Waals surface area contributed by atoms with Crippen LogP contribution in [-0.4, -0.2) is 39.6 Å². The van der Waals surface area contributed by atoms with Crippen LogP contribution in [0.5, 0.6) is 0 Å². The highest BCUT2D eigenvalue weighted by molar-refractivity contribution is 5.98. The number of hydrogen-bond donors (Lipinski definition) is 1. The zero-order valence-electron chi connectivity index (χ0n) is 15.0. The van der Waals surface area contributed by atoms with E-state index in [1.54, 1.807) is 18.3 Å². The smallest absolute Gasteiger partial charge is 0.223 e. The Hall–Kier alpha value is -3.21. The van der Waals surface area contributed by atoms with Gasteiger partial charge < -0.3 is 9.88 Å². The Balaban J connectivity index is 1.37. The van der Waals surface area contributed by atoms with E-state index in [9.17, 15) is 9.59 Å². The van der Waals surface area contributed by atoms with Crippen LogP contribution in [0.1, 0.15) is 35.2 Å². The normalized spacial score (nSPS) is 14.2. The van der Waals surface area contributed by atoms with E-state index in [0.717, 1.165) is 23.0 Å².